The number of rotatable bonds is 4. The number of carboxylic acid groups (broad SMARTS) is 1. The molecule has 7 heteroatoms. The van der Waals surface area contributed by atoms with E-state index in [0.29, 0.717) is 5.89 Å². The van der Waals surface area contributed by atoms with Crippen molar-refractivity contribution >= 4 is 5.97 Å². The van der Waals surface area contributed by atoms with Crippen LogP contribution < -0.4 is 0 Å². The molecule has 2 heterocycles. The van der Waals surface area contributed by atoms with Gasteiger partial charge in [0.1, 0.15) is 6.61 Å². The standard InChI is InChI=1S/C10H10N2O5/c1-5-11-3-6(16-5)9-8(10(13)14)12-7(17-9)4-15-2/h3H,4H2,1-2H3,(H,13,14). The summed E-state index contributed by atoms with van der Waals surface area (Å²) in [7, 11) is 1.46. The van der Waals surface area contributed by atoms with Crippen molar-refractivity contribution in [2.75, 3.05) is 7.11 Å². The van der Waals surface area contributed by atoms with Crippen LogP contribution in [0, 0.1) is 6.92 Å². The highest BCUT2D eigenvalue weighted by Gasteiger charge is 2.23. The molecule has 2 rings (SSSR count). The molecule has 0 saturated heterocycles. The fourth-order valence-electron chi connectivity index (χ4n) is 1.33. The number of carboxylic acids is 1. The van der Waals surface area contributed by atoms with Crippen molar-refractivity contribution in [1.29, 1.82) is 0 Å². The van der Waals surface area contributed by atoms with E-state index in [-0.39, 0.29) is 29.7 Å². The smallest absolute Gasteiger partial charge is 0.358 e. The van der Waals surface area contributed by atoms with E-state index in [1.165, 1.54) is 13.3 Å². The minimum atomic E-state index is -1.19. The van der Waals surface area contributed by atoms with Crippen molar-refractivity contribution in [3.05, 3.63) is 23.7 Å². The summed E-state index contributed by atoms with van der Waals surface area (Å²) in [5.41, 5.74) is -0.215. The molecule has 0 aliphatic rings. The van der Waals surface area contributed by atoms with Crippen LogP contribution in [0.25, 0.3) is 11.5 Å². The van der Waals surface area contributed by atoms with Crippen LogP contribution in [0.1, 0.15) is 22.3 Å². The maximum Gasteiger partial charge on any atom is 0.358 e. The molecule has 0 atom stereocenters. The Labute approximate surface area is 96.0 Å². The molecule has 0 bridgehead atoms. The monoisotopic (exact) mass is 238 g/mol. The summed E-state index contributed by atoms with van der Waals surface area (Å²) >= 11 is 0. The van der Waals surface area contributed by atoms with Gasteiger partial charge in [0.2, 0.25) is 11.7 Å². The molecule has 2 aromatic heterocycles. The quantitative estimate of drug-likeness (QED) is 0.861. The Bertz CT molecular complexity index is 543. The molecule has 0 aliphatic carbocycles. The Kier molecular flexibility index (Phi) is 2.92. The van der Waals surface area contributed by atoms with Gasteiger partial charge >= 0.3 is 5.97 Å². The van der Waals surface area contributed by atoms with Gasteiger partial charge in [-0.25, -0.2) is 14.8 Å². The van der Waals surface area contributed by atoms with Crippen LogP contribution >= 0.6 is 0 Å². The molecule has 1 N–H and O–H groups in total. The first-order valence-electron chi connectivity index (χ1n) is 4.76. The van der Waals surface area contributed by atoms with Crippen molar-refractivity contribution in [2.45, 2.75) is 13.5 Å². The normalized spacial score (nSPS) is 10.7. The van der Waals surface area contributed by atoms with Gasteiger partial charge in [-0.05, 0) is 0 Å². The lowest BCUT2D eigenvalue weighted by molar-refractivity contribution is 0.0691. The lowest BCUT2D eigenvalue weighted by atomic mass is 10.3. The van der Waals surface area contributed by atoms with E-state index in [0.717, 1.165) is 0 Å². The number of nitrogens with zero attached hydrogens (tertiary/aromatic N) is 2. The van der Waals surface area contributed by atoms with Crippen molar-refractivity contribution in [1.82, 2.24) is 9.97 Å². The number of ether oxygens (including phenoxy) is 1. The van der Waals surface area contributed by atoms with Crippen LogP contribution in [0.4, 0.5) is 0 Å². The second-order valence-corrected chi connectivity index (χ2v) is 3.27. The van der Waals surface area contributed by atoms with Crippen LogP contribution in [-0.2, 0) is 11.3 Å². The second kappa shape index (κ2) is 4.38. The maximum absolute atomic E-state index is 11.0. The van der Waals surface area contributed by atoms with E-state index >= 15 is 0 Å². The zero-order valence-corrected chi connectivity index (χ0v) is 9.26. The third kappa shape index (κ3) is 2.18. The SMILES string of the molecule is COCc1nc(C(=O)O)c(-c2cnc(C)o2)o1. The zero-order valence-electron chi connectivity index (χ0n) is 9.26. The molecule has 0 unspecified atom stereocenters. The number of hydrogen-bond donors (Lipinski definition) is 1. The van der Waals surface area contributed by atoms with Crippen molar-refractivity contribution in [3.63, 3.8) is 0 Å². The highest BCUT2D eigenvalue weighted by atomic mass is 16.5. The molecule has 7 nitrogen and oxygen atoms in total. The molecule has 0 spiro atoms. The molecule has 90 valence electrons. The number of aromatic nitrogens is 2. The number of aryl methyl sites for hydroxylation is 1. The van der Waals surface area contributed by atoms with Crippen LogP contribution in [0.5, 0.6) is 0 Å². The number of carbonyl (C=O) groups is 1. The predicted molar refractivity (Wildman–Crippen MR) is 54.4 cm³/mol. The predicted octanol–water partition coefficient (Wildman–Crippen LogP) is 1.48. The Hall–Kier alpha value is -2.15. The number of hydrogen-bond acceptors (Lipinski definition) is 6. The molecule has 0 fully saturated rings. The van der Waals surface area contributed by atoms with Gasteiger partial charge in [0.25, 0.3) is 0 Å². The van der Waals surface area contributed by atoms with E-state index in [4.69, 9.17) is 18.7 Å². The van der Waals surface area contributed by atoms with Crippen molar-refractivity contribution in [2.24, 2.45) is 0 Å². The van der Waals surface area contributed by atoms with Crippen molar-refractivity contribution < 1.29 is 23.5 Å². The molecule has 2 aromatic rings. The first-order chi connectivity index (χ1) is 8.11. The molecule has 0 aliphatic heterocycles. The summed E-state index contributed by atoms with van der Waals surface area (Å²) in [5, 5.41) is 8.99. The largest absolute Gasteiger partial charge is 0.476 e. The summed E-state index contributed by atoms with van der Waals surface area (Å²) in [4.78, 5) is 18.7. The second-order valence-electron chi connectivity index (χ2n) is 3.27. The van der Waals surface area contributed by atoms with Crippen LogP contribution in [0.2, 0.25) is 0 Å². The summed E-state index contributed by atoms with van der Waals surface area (Å²) in [6, 6.07) is 0. The minimum Gasteiger partial charge on any atom is -0.476 e. The lowest BCUT2D eigenvalue weighted by Crippen LogP contribution is -1.99. The van der Waals surface area contributed by atoms with Gasteiger partial charge in [0.05, 0.1) is 6.20 Å². The first kappa shape index (κ1) is 11.3. The van der Waals surface area contributed by atoms with Crippen LogP contribution in [-0.4, -0.2) is 28.2 Å². The van der Waals surface area contributed by atoms with Gasteiger partial charge in [-0.1, -0.05) is 0 Å². The Morgan fingerprint density at radius 2 is 2.29 bits per heavy atom. The average Bonchev–Trinajstić information content (AvgIpc) is 2.84. The van der Waals surface area contributed by atoms with Gasteiger partial charge in [0.15, 0.2) is 17.3 Å². The van der Waals surface area contributed by atoms with E-state index in [9.17, 15) is 4.79 Å². The van der Waals surface area contributed by atoms with Crippen LogP contribution in [0.15, 0.2) is 15.0 Å². The number of oxazole rings is 2. The summed E-state index contributed by atoms with van der Waals surface area (Å²) < 4.78 is 15.3. The number of methoxy groups -OCH3 is 1. The van der Waals surface area contributed by atoms with E-state index < -0.39 is 5.97 Å². The Balaban J connectivity index is 2.47. The zero-order chi connectivity index (χ0) is 12.4. The highest BCUT2D eigenvalue weighted by Crippen LogP contribution is 2.25. The fourth-order valence-corrected chi connectivity index (χ4v) is 1.33. The van der Waals surface area contributed by atoms with E-state index in [2.05, 4.69) is 9.97 Å². The number of aromatic carboxylic acids is 1. The summed E-state index contributed by atoms with van der Waals surface area (Å²) in [5.74, 6) is -0.324. The summed E-state index contributed by atoms with van der Waals surface area (Å²) in [6.07, 6.45) is 1.39. The first-order valence-corrected chi connectivity index (χ1v) is 4.76. The molecule has 17 heavy (non-hydrogen) atoms. The maximum atomic E-state index is 11.0. The van der Waals surface area contributed by atoms with Crippen molar-refractivity contribution in [3.8, 4) is 11.5 Å². The molecule has 0 amide bonds. The van der Waals surface area contributed by atoms with E-state index in [1.807, 2.05) is 0 Å². The Morgan fingerprint density at radius 1 is 1.53 bits per heavy atom. The molecular weight excluding hydrogens is 228 g/mol. The lowest BCUT2D eigenvalue weighted by Gasteiger charge is -1.91. The Morgan fingerprint density at radius 3 is 2.82 bits per heavy atom. The van der Waals surface area contributed by atoms with Gasteiger partial charge < -0.3 is 18.7 Å². The molecule has 0 saturated carbocycles. The third-order valence-electron chi connectivity index (χ3n) is 1.99. The summed E-state index contributed by atoms with van der Waals surface area (Å²) in [6.45, 7) is 1.74. The average molecular weight is 238 g/mol. The van der Waals surface area contributed by atoms with Gasteiger partial charge in [0, 0.05) is 14.0 Å². The topological polar surface area (TPSA) is 98.6 Å². The molecular formula is C10H10N2O5. The van der Waals surface area contributed by atoms with Crippen LogP contribution in [0.3, 0.4) is 0 Å². The third-order valence-corrected chi connectivity index (χ3v) is 1.99. The fraction of sp³-hybridized carbons (Fsp3) is 0.300. The van der Waals surface area contributed by atoms with Gasteiger partial charge in [-0.3, -0.25) is 0 Å². The molecule has 0 radical (unpaired) electrons. The molecule has 0 aromatic carbocycles. The highest BCUT2D eigenvalue weighted by molar-refractivity contribution is 5.91. The van der Waals surface area contributed by atoms with E-state index in [1.54, 1.807) is 6.92 Å². The van der Waals surface area contributed by atoms with Gasteiger partial charge in [-0.15, -0.1) is 0 Å². The minimum absolute atomic E-state index is 0.0464. The van der Waals surface area contributed by atoms with Gasteiger partial charge in [-0.2, -0.15) is 0 Å².